The number of ether oxygens (including phenoxy) is 1. The van der Waals surface area contributed by atoms with Gasteiger partial charge < -0.3 is 15.4 Å². The van der Waals surface area contributed by atoms with E-state index in [9.17, 15) is 0 Å². The highest BCUT2D eigenvalue weighted by molar-refractivity contribution is 7.80. The summed E-state index contributed by atoms with van der Waals surface area (Å²) in [5.74, 6) is 0.804. The SMILES string of the molecule is COCCCNC(=S)NC(C)C1CCCC1. The molecule has 94 valence electrons. The Kier molecular flexibility index (Phi) is 6.73. The second-order valence-electron chi connectivity index (χ2n) is 4.58. The molecule has 1 atom stereocenters. The Hall–Kier alpha value is -0.350. The van der Waals surface area contributed by atoms with Crippen LogP contribution >= 0.6 is 12.2 Å². The van der Waals surface area contributed by atoms with Crippen molar-refractivity contribution in [3.63, 3.8) is 0 Å². The Labute approximate surface area is 104 Å². The van der Waals surface area contributed by atoms with Gasteiger partial charge in [-0.3, -0.25) is 0 Å². The van der Waals surface area contributed by atoms with Gasteiger partial charge in [0.25, 0.3) is 0 Å². The molecule has 0 amide bonds. The summed E-state index contributed by atoms with van der Waals surface area (Å²) in [5, 5.41) is 7.38. The lowest BCUT2D eigenvalue weighted by atomic mass is 10.0. The molecular weight excluding hydrogens is 220 g/mol. The number of thiocarbonyl (C=S) groups is 1. The quantitative estimate of drug-likeness (QED) is 0.553. The lowest BCUT2D eigenvalue weighted by Gasteiger charge is -2.22. The molecule has 0 aliphatic heterocycles. The normalized spacial score (nSPS) is 18.4. The first-order valence-corrected chi connectivity index (χ1v) is 6.68. The van der Waals surface area contributed by atoms with Crippen LogP contribution in [0.2, 0.25) is 0 Å². The zero-order valence-electron chi connectivity index (χ0n) is 10.4. The van der Waals surface area contributed by atoms with E-state index in [4.69, 9.17) is 17.0 Å². The minimum Gasteiger partial charge on any atom is -0.385 e. The fourth-order valence-corrected chi connectivity index (χ4v) is 2.54. The van der Waals surface area contributed by atoms with Crippen molar-refractivity contribution in [2.45, 2.75) is 45.1 Å². The highest BCUT2D eigenvalue weighted by Crippen LogP contribution is 2.27. The largest absolute Gasteiger partial charge is 0.385 e. The van der Waals surface area contributed by atoms with Crippen LogP contribution in [-0.4, -0.2) is 31.4 Å². The van der Waals surface area contributed by atoms with Gasteiger partial charge in [-0.05, 0) is 44.3 Å². The summed E-state index contributed by atoms with van der Waals surface area (Å²) in [6.07, 6.45) is 6.45. The number of nitrogens with one attached hydrogen (secondary N) is 2. The van der Waals surface area contributed by atoms with Gasteiger partial charge in [-0.15, -0.1) is 0 Å². The Morgan fingerprint density at radius 2 is 2.12 bits per heavy atom. The summed E-state index contributed by atoms with van der Waals surface area (Å²) in [6, 6.07) is 0.505. The highest BCUT2D eigenvalue weighted by Gasteiger charge is 2.21. The zero-order chi connectivity index (χ0) is 11.8. The minimum atomic E-state index is 0.505. The molecule has 1 rings (SSSR count). The molecule has 0 aromatic carbocycles. The molecule has 0 bridgehead atoms. The summed E-state index contributed by atoms with van der Waals surface area (Å²) in [7, 11) is 1.72. The van der Waals surface area contributed by atoms with Gasteiger partial charge in [-0.1, -0.05) is 12.8 Å². The van der Waals surface area contributed by atoms with Gasteiger partial charge >= 0.3 is 0 Å². The molecular formula is C12H24N2OS. The maximum Gasteiger partial charge on any atom is 0.166 e. The summed E-state index contributed by atoms with van der Waals surface area (Å²) in [4.78, 5) is 0. The molecule has 1 aliphatic rings. The summed E-state index contributed by atoms with van der Waals surface area (Å²) >= 11 is 5.25. The molecule has 0 heterocycles. The van der Waals surface area contributed by atoms with E-state index >= 15 is 0 Å². The van der Waals surface area contributed by atoms with Crippen LogP contribution in [0.3, 0.4) is 0 Å². The van der Waals surface area contributed by atoms with Crippen LogP contribution in [0.1, 0.15) is 39.0 Å². The molecule has 1 unspecified atom stereocenters. The number of hydrogen-bond acceptors (Lipinski definition) is 2. The fraction of sp³-hybridized carbons (Fsp3) is 0.917. The van der Waals surface area contributed by atoms with Crippen LogP contribution < -0.4 is 10.6 Å². The smallest absolute Gasteiger partial charge is 0.166 e. The Morgan fingerprint density at radius 3 is 2.75 bits per heavy atom. The minimum absolute atomic E-state index is 0.505. The Bertz CT molecular complexity index is 205. The number of hydrogen-bond donors (Lipinski definition) is 2. The van der Waals surface area contributed by atoms with Crippen LogP contribution in [0.4, 0.5) is 0 Å². The van der Waals surface area contributed by atoms with Crippen LogP contribution in [0.25, 0.3) is 0 Å². The third kappa shape index (κ3) is 5.12. The van der Waals surface area contributed by atoms with E-state index in [0.29, 0.717) is 6.04 Å². The van der Waals surface area contributed by atoms with Crippen molar-refractivity contribution in [2.75, 3.05) is 20.3 Å². The van der Waals surface area contributed by atoms with E-state index in [1.54, 1.807) is 7.11 Å². The van der Waals surface area contributed by atoms with Crippen molar-refractivity contribution in [2.24, 2.45) is 5.92 Å². The van der Waals surface area contributed by atoms with E-state index in [2.05, 4.69) is 17.6 Å². The molecule has 0 saturated heterocycles. The maximum atomic E-state index is 5.25. The molecule has 2 N–H and O–H groups in total. The van der Waals surface area contributed by atoms with Gasteiger partial charge in [0.1, 0.15) is 0 Å². The van der Waals surface area contributed by atoms with E-state index in [-0.39, 0.29) is 0 Å². The van der Waals surface area contributed by atoms with Crippen molar-refractivity contribution in [1.82, 2.24) is 10.6 Å². The standard InChI is InChI=1S/C12H24N2OS/c1-10(11-6-3-4-7-11)14-12(16)13-8-5-9-15-2/h10-11H,3-9H2,1-2H3,(H2,13,14,16). The molecule has 0 aromatic heterocycles. The molecule has 0 spiro atoms. The van der Waals surface area contributed by atoms with Crippen LogP contribution in [0.15, 0.2) is 0 Å². The second kappa shape index (κ2) is 7.85. The summed E-state index contributed by atoms with van der Waals surface area (Å²) in [5.41, 5.74) is 0. The van der Waals surface area contributed by atoms with Crippen molar-refractivity contribution in [3.05, 3.63) is 0 Å². The van der Waals surface area contributed by atoms with Crippen LogP contribution in [0, 0.1) is 5.92 Å². The molecule has 1 fully saturated rings. The van der Waals surface area contributed by atoms with Gasteiger partial charge in [-0.2, -0.15) is 0 Å². The summed E-state index contributed by atoms with van der Waals surface area (Å²) < 4.78 is 4.98. The lowest BCUT2D eigenvalue weighted by Crippen LogP contribution is -2.43. The molecule has 1 aliphatic carbocycles. The maximum absolute atomic E-state index is 5.25. The van der Waals surface area contributed by atoms with Crippen molar-refractivity contribution in [1.29, 1.82) is 0 Å². The van der Waals surface area contributed by atoms with E-state index in [0.717, 1.165) is 30.6 Å². The monoisotopic (exact) mass is 244 g/mol. The van der Waals surface area contributed by atoms with Crippen molar-refractivity contribution in [3.8, 4) is 0 Å². The fourth-order valence-electron chi connectivity index (χ4n) is 2.25. The number of rotatable bonds is 6. The third-order valence-electron chi connectivity index (χ3n) is 3.28. The molecule has 0 aromatic rings. The Morgan fingerprint density at radius 1 is 1.44 bits per heavy atom. The molecule has 0 radical (unpaired) electrons. The first-order chi connectivity index (χ1) is 7.74. The van der Waals surface area contributed by atoms with Gasteiger partial charge in [0.05, 0.1) is 0 Å². The van der Waals surface area contributed by atoms with Crippen LogP contribution in [0.5, 0.6) is 0 Å². The van der Waals surface area contributed by atoms with Gasteiger partial charge in [0, 0.05) is 26.3 Å². The first kappa shape index (κ1) is 13.7. The number of methoxy groups -OCH3 is 1. The molecule has 1 saturated carbocycles. The molecule has 3 nitrogen and oxygen atoms in total. The predicted octanol–water partition coefficient (Wildman–Crippen LogP) is 2.07. The average Bonchev–Trinajstić information content (AvgIpc) is 2.77. The Balaban J connectivity index is 2.08. The van der Waals surface area contributed by atoms with E-state index in [1.165, 1.54) is 25.7 Å². The average molecular weight is 244 g/mol. The first-order valence-electron chi connectivity index (χ1n) is 6.27. The summed E-state index contributed by atoms with van der Waals surface area (Å²) in [6.45, 7) is 3.91. The third-order valence-corrected chi connectivity index (χ3v) is 3.54. The molecule has 4 heteroatoms. The van der Waals surface area contributed by atoms with Crippen molar-refractivity contribution < 1.29 is 4.74 Å². The van der Waals surface area contributed by atoms with E-state index < -0.39 is 0 Å². The zero-order valence-corrected chi connectivity index (χ0v) is 11.2. The molecule has 16 heavy (non-hydrogen) atoms. The van der Waals surface area contributed by atoms with Gasteiger partial charge in [0.15, 0.2) is 5.11 Å². The second-order valence-corrected chi connectivity index (χ2v) is 4.99. The predicted molar refractivity (Wildman–Crippen MR) is 71.6 cm³/mol. The van der Waals surface area contributed by atoms with Gasteiger partial charge in [-0.25, -0.2) is 0 Å². The van der Waals surface area contributed by atoms with Crippen molar-refractivity contribution >= 4 is 17.3 Å². The van der Waals surface area contributed by atoms with E-state index in [1.807, 2.05) is 0 Å². The lowest BCUT2D eigenvalue weighted by molar-refractivity contribution is 0.195. The highest BCUT2D eigenvalue weighted by atomic mass is 32.1. The topological polar surface area (TPSA) is 33.3 Å². The van der Waals surface area contributed by atoms with Gasteiger partial charge in [0.2, 0.25) is 0 Å². The van der Waals surface area contributed by atoms with Crippen LogP contribution in [-0.2, 0) is 4.74 Å².